The minimum Gasteiger partial charge on any atom is -0.497 e. The lowest BCUT2D eigenvalue weighted by molar-refractivity contribution is -0.113. The molecule has 0 aliphatic carbocycles. The summed E-state index contributed by atoms with van der Waals surface area (Å²) in [6.07, 6.45) is 1.71. The molecule has 0 bridgehead atoms. The summed E-state index contributed by atoms with van der Waals surface area (Å²) in [5, 5.41) is 8.46. The van der Waals surface area contributed by atoms with Crippen LogP contribution in [0.3, 0.4) is 0 Å². The van der Waals surface area contributed by atoms with Crippen molar-refractivity contribution in [2.75, 3.05) is 19.5 Å². The Hall–Kier alpha value is -3.45. The van der Waals surface area contributed by atoms with E-state index in [0.29, 0.717) is 27.9 Å². The molecular formula is C22H22ClN3O4. The molecule has 156 valence electrons. The zero-order chi connectivity index (χ0) is 21.7. The van der Waals surface area contributed by atoms with Crippen LogP contribution in [0.2, 0.25) is 0 Å². The van der Waals surface area contributed by atoms with Gasteiger partial charge in [0.2, 0.25) is 0 Å². The van der Waals surface area contributed by atoms with Crippen molar-refractivity contribution in [2.24, 2.45) is 0 Å². The molecule has 0 saturated heterocycles. The molecule has 0 saturated carbocycles. The highest BCUT2D eigenvalue weighted by Gasteiger charge is 2.32. The van der Waals surface area contributed by atoms with Crippen LogP contribution in [0.1, 0.15) is 12.5 Å². The third-order valence-electron chi connectivity index (χ3n) is 4.55. The van der Waals surface area contributed by atoms with Crippen LogP contribution in [-0.4, -0.2) is 32.2 Å². The van der Waals surface area contributed by atoms with Crippen molar-refractivity contribution in [1.29, 1.82) is 0 Å². The molecular weight excluding hydrogens is 406 g/mol. The van der Waals surface area contributed by atoms with Crippen LogP contribution < -0.4 is 25.4 Å². The molecule has 3 rings (SSSR count). The number of hydrogen-bond acceptors (Lipinski definition) is 4. The molecule has 1 heterocycles. The van der Waals surface area contributed by atoms with E-state index in [9.17, 15) is 9.59 Å². The lowest BCUT2D eigenvalue weighted by atomic mass is 10.00. The molecule has 7 nitrogen and oxygen atoms in total. The third kappa shape index (κ3) is 4.75. The van der Waals surface area contributed by atoms with Crippen molar-refractivity contribution < 1.29 is 19.1 Å². The second-order valence-corrected chi connectivity index (χ2v) is 6.97. The van der Waals surface area contributed by atoms with Crippen molar-refractivity contribution in [1.82, 2.24) is 10.6 Å². The summed E-state index contributed by atoms with van der Waals surface area (Å²) in [6, 6.07) is 13.2. The van der Waals surface area contributed by atoms with Crippen LogP contribution in [0, 0.1) is 0 Å². The first-order chi connectivity index (χ1) is 14.4. The zero-order valence-corrected chi connectivity index (χ0v) is 17.5. The van der Waals surface area contributed by atoms with E-state index in [2.05, 4.69) is 16.0 Å². The summed E-state index contributed by atoms with van der Waals surface area (Å²) < 4.78 is 10.5. The number of amides is 3. The fourth-order valence-electron chi connectivity index (χ4n) is 3.09. The summed E-state index contributed by atoms with van der Waals surface area (Å²) in [6.45, 7) is 1.65. The highest BCUT2D eigenvalue weighted by molar-refractivity contribution is 6.33. The number of carbonyl (C=O) groups excluding carboxylic acids is 2. The van der Waals surface area contributed by atoms with Gasteiger partial charge in [-0.3, -0.25) is 4.79 Å². The van der Waals surface area contributed by atoms with Crippen molar-refractivity contribution in [3.8, 4) is 11.5 Å². The largest absolute Gasteiger partial charge is 0.497 e. The first kappa shape index (κ1) is 21.3. The van der Waals surface area contributed by atoms with Gasteiger partial charge in [-0.15, -0.1) is 0 Å². The molecule has 0 fully saturated rings. The topological polar surface area (TPSA) is 88.7 Å². The molecule has 0 spiro atoms. The Morgan fingerprint density at radius 3 is 2.53 bits per heavy atom. The number of ether oxygens (including phenoxy) is 2. The highest BCUT2D eigenvalue weighted by atomic mass is 35.5. The minimum atomic E-state index is -0.808. The number of allylic oxidation sites excluding steroid dienone is 1. The van der Waals surface area contributed by atoms with E-state index < -0.39 is 18.0 Å². The van der Waals surface area contributed by atoms with Crippen molar-refractivity contribution >= 4 is 35.3 Å². The van der Waals surface area contributed by atoms with Gasteiger partial charge >= 0.3 is 6.03 Å². The quantitative estimate of drug-likeness (QED) is 0.652. The van der Waals surface area contributed by atoms with Gasteiger partial charge in [0.25, 0.3) is 5.91 Å². The Labute approximate surface area is 179 Å². The first-order valence-corrected chi connectivity index (χ1v) is 9.54. The number of anilines is 1. The Bertz CT molecular complexity index is 1020. The van der Waals surface area contributed by atoms with Gasteiger partial charge in [0.05, 0.1) is 31.5 Å². The van der Waals surface area contributed by atoms with Gasteiger partial charge in [0.15, 0.2) is 0 Å². The van der Waals surface area contributed by atoms with E-state index in [1.807, 2.05) is 30.3 Å². The number of urea groups is 1. The molecule has 1 atom stereocenters. The fraction of sp³-hybridized carbons (Fsp3) is 0.182. The predicted molar refractivity (Wildman–Crippen MR) is 117 cm³/mol. The summed E-state index contributed by atoms with van der Waals surface area (Å²) in [4.78, 5) is 25.2. The number of carbonyl (C=O) groups is 2. The van der Waals surface area contributed by atoms with Gasteiger partial charge in [-0.25, -0.2) is 4.79 Å². The average Bonchev–Trinajstić information content (AvgIpc) is 2.73. The molecule has 3 N–H and O–H groups in total. The van der Waals surface area contributed by atoms with Crippen LogP contribution in [0.15, 0.2) is 64.8 Å². The third-order valence-corrected chi connectivity index (χ3v) is 4.88. The first-order valence-electron chi connectivity index (χ1n) is 9.16. The van der Waals surface area contributed by atoms with Gasteiger partial charge in [0.1, 0.15) is 11.5 Å². The van der Waals surface area contributed by atoms with Crippen LogP contribution in [0.4, 0.5) is 10.5 Å². The van der Waals surface area contributed by atoms with E-state index >= 15 is 0 Å². The maximum absolute atomic E-state index is 13.2. The van der Waals surface area contributed by atoms with Crippen LogP contribution in [0.5, 0.6) is 11.5 Å². The monoisotopic (exact) mass is 427 g/mol. The summed E-state index contributed by atoms with van der Waals surface area (Å²) in [7, 11) is 3.04. The summed E-state index contributed by atoms with van der Waals surface area (Å²) in [5.41, 5.74) is 1.97. The Balaban J connectivity index is 1.95. The van der Waals surface area contributed by atoms with Crippen molar-refractivity contribution in [3.63, 3.8) is 0 Å². The van der Waals surface area contributed by atoms with Crippen LogP contribution in [-0.2, 0) is 4.79 Å². The number of hydrogen-bond donors (Lipinski definition) is 3. The molecule has 0 aromatic heterocycles. The van der Waals surface area contributed by atoms with Gasteiger partial charge in [-0.2, -0.15) is 0 Å². The van der Waals surface area contributed by atoms with E-state index in [4.69, 9.17) is 21.1 Å². The van der Waals surface area contributed by atoms with Crippen LogP contribution >= 0.6 is 11.6 Å². The Morgan fingerprint density at radius 1 is 1.13 bits per heavy atom. The number of nitrogens with one attached hydrogen (secondary N) is 3. The number of halogens is 1. The Morgan fingerprint density at radius 2 is 1.87 bits per heavy atom. The molecule has 30 heavy (non-hydrogen) atoms. The smallest absolute Gasteiger partial charge is 0.319 e. The second kappa shape index (κ2) is 9.37. The second-order valence-electron chi connectivity index (χ2n) is 6.53. The number of benzene rings is 2. The molecule has 1 aliphatic rings. The van der Waals surface area contributed by atoms with Gasteiger partial charge in [-0.05, 0) is 30.7 Å². The van der Waals surface area contributed by atoms with Crippen molar-refractivity contribution in [3.05, 3.63) is 70.4 Å². The van der Waals surface area contributed by atoms with E-state index in [1.54, 1.807) is 31.2 Å². The van der Waals surface area contributed by atoms with E-state index in [1.165, 1.54) is 14.2 Å². The lowest BCUT2D eigenvalue weighted by Gasteiger charge is -2.28. The maximum atomic E-state index is 13.2. The molecule has 0 radical (unpaired) electrons. The van der Waals surface area contributed by atoms with Crippen LogP contribution in [0.25, 0.3) is 6.08 Å². The van der Waals surface area contributed by atoms with Gasteiger partial charge in [-0.1, -0.05) is 41.9 Å². The molecule has 2 aromatic rings. The number of rotatable bonds is 6. The molecule has 3 amide bonds. The van der Waals surface area contributed by atoms with Crippen molar-refractivity contribution in [2.45, 2.75) is 13.0 Å². The minimum absolute atomic E-state index is 0.289. The van der Waals surface area contributed by atoms with Gasteiger partial charge in [0, 0.05) is 16.8 Å². The van der Waals surface area contributed by atoms with E-state index in [0.717, 1.165) is 5.56 Å². The summed E-state index contributed by atoms with van der Waals surface area (Å²) in [5.74, 6) is 0.597. The summed E-state index contributed by atoms with van der Waals surface area (Å²) >= 11 is 6.53. The normalized spacial score (nSPS) is 16.5. The van der Waals surface area contributed by atoms with E-state index in [-0.39, 0.29) is 5.57 Å². The molecule has 2 aromatic carbocycles. The predicted octanol–water partition coefficient (Wildman–Crippen LogP) is 3.88. The molecule has 1 unspecified atom stereocenters. The molecule has 8 heteroatoms. The fourth-order valence-corrected chi connectivity index (χ4v) is 3.38. The zero-order valence-electron chi connectivity index (χ0n) is 16.8. The average molecular weight is 428 g/mol. The maximum Gasteiger partial charge on any atom is 0.319 e. The Kier molecular flexibility index (Phi) is 6.64. The highest BCUT2D eigenvalue weighted by Crippen LogP contribution is 2.31. The lowest BCUT2D eigenvalue weighted by Crippen LogP contribution is -2.50. The SMILES string of the molecule is COc1ccc(OC)c(NC(=O)C2=C(C)NC(=O)NC2/C(Cl)=C/c2ccccc2)c1. The van der Waals surface area contributed by atoms with Gasteiger partial charge < -0.3 is 25.4 Å². The number of methoxy groups -OCH3 is 2. The standard InChI is InChI=1S/C22H22ClN3O4/c1-13-19(21(27)25-17-12-15(29-2)9-10-18(17)30-3)20(26-22(28)24-13)16(23)11-14-7-5-4-6-8-14/h4-12,20H,1-3H3,(H,25,27)(H2,24,26,28)/b16-11-. The molecule has 1 aliphatic heterocycles.